The number of nitrogens with zero attached hydrogens (tertiary/aromatic N) is 3. The number of fused-ring (bicyclic) bond motifs is 1. The fourth-order valence-electron chi connectivity index (χ4n) is 3.83. The average Bonchev–Trinajstić information content (AvgIpc) is 2.80. The zero-order valence-electron chi connectivity index (χ0n) is 17.8. The largest absolute Gasteiger partial charge is 0.497 e. The number of rotatable bonds is 7. The molecule has 0 bridgehead atoms. The molecule has 0 fully saturated rings. The third-order valence-electron chi connectivity index (χ3n) is 5.48. The predicted molar refractivity (Wildman–Crippen MR) is 120 cm³/mol. The second-order valence-electron chi connectivity index (χ2n) is 7.19. The van der Waals surface area contributed by atoms with E-state index < -0.39 is 0 Å². The maximum absolute atomic E-state index is 6.34. The monoisotopic (exact) mass is 401 g/mol. The molecule has 0 atom stereocenters. The van der Waals surface area contributed by atoms with Gasteiger partial charge in [-0.2, -0.15) is 0 Å². The number of hydrogen-bond donors (Lipinski definition) is 0. The molecular formula is C25H27N3O2. The summed E-state index contributed by atoms with van der Waals surface area (Å²) in [6.45, 7) is 6.38. The Hall–Kier alpha value is -3.34. The van der Waals surface area contributed by atoms with Crippen molar-refractivity contribution < 1.29 is 9.47 Å². The zero-order valence-corrected chi connectivity index (χ0v) is 17.8. The van der Waals surface area contributed by atoms with Crippen molar-refractivity contribution in [1.29, 1.82) is 0 Å². The van der Waals surface area contributed by atoms with E-state index in [9.17, 15) is 0 Å². The average molecular weight is 402 g/mol. The fraction of sp³-hybridized carbons (Fsp3) is 0.280. The lowest BCUT2D eigenvalue weighted by molar-refractivity contribution is 0.345. The quantitative estimate of drug-likeness (QED) is 0.527. The molecule has 0 aliphatic heterocycles. The minimum absolute atomic E-state index is 0.606. The molecule has 1 aliphatic rings. The van der Waals surface area contributed by atoms with Gasteiger partial charge in [-0.25, -0.2) is 4.98 Å². The molecule has 2 aromatic heterocycles. The van der Waals surface area contributed by atoms with Gasteiger partial charge in [-0.15, -0.1) is 0 Å². The highest BCUT2D eigenvalue weighted by atomic mass is 16.5. The Balaban J connectivity index is 1.74. The Labute approximate surface area is 177 Å². The first kappa shape index (κ1) is 20.0. The summed E-state index contributed by atoms with van der Waals surface area (Å²) in [5.41, 5.74) is 4.43. The minimum atomic E-state index is 0.606. The van der Waals surface area contributed by atoms with Gasteiger partial charge < -0.3 is 14.4 Å². The molecule has 2 heterocycles. The summed E-state index contributed by atoms with van der Waals surface area (Å²) < 4.78 is 11.7. The minimum Gasteiger partial charge on any atom is -0.497 e. The van der Waals surface area contributed by atoms with Crippen LogP contribution >= 0.6 is 0 Å². The van der Waals surface area contributed by atoms with Gasteiger partial charge >= 0.3 is 0 Å². The van der Waals surface area contributed by atoms with Crippen LogP contribution in [0.3, 0.4) is 0 Å². The molecule has 4 rings (SSSR count). The van der Waals surface area contributed by atoms with Crippen LogP contribution in [-0.4, -0.2) is 35.1 Å². The zero-order chi connectivity index (χ0) is 20.9. The van der Waals surface area contributed by atoms with Crippen molar-refractivity contribution in [1.82, 2.24) is 14.9 Å². The van der Waals surface area contributed by atoms with Gasteiger partial charge in [0.15, 0.2) is 0 Å². The lowest BCUT2D eigenvalue weighted by atomic mass is 9.95. The van der Waals surface area contributed by atoms with Crippen LogP contribution in [0.2, 0.25) is 0 Å². The SMILES string of the molecule is CCN(CC)C1=CC(c2ccc(OC)cc2)=C(Oc2ccc3cnccc3n2)CC1. The van der Waals surface area contributed by atoms with Crippen LogP contribution < -0.4 is 9.47 Å². The van der Waals surface area contributed by atoms with E-state index >= 15 is 0 Å². The highest BCUT2D eigenvalue weighted by Crippen LogP contribution is 2.34. The Kier molecular flexibility index (Phi) is 5.98. The lowest BCUT2D eigenvalue weighted by Crippen LogP contribution is -2.24. The number of pyridine rings is 2. The van der Waals surface area contributed by atoms with E-state index in [4.69, 9.17) is 9.47 Å². The molecule has 154 valence electrons. The third-order valence-corrected chi connectivity index (χ3v) is 5.48. The third kappa shape index (κ3) is 4.15. The molecule has 0 saturated heterocycles. The van der Waals surface area contributed by atoms with E-state index in [2.05, 4.69) is 46.9 Å². The van der Waals surface area contributed by atoms with Gasteiger partial charge in [-0.1, -0.05) is 12.1 Å². The van der Waals surface area contributed by atoms with Crippen LogP contribution in [0.15, 0.2) is 72.4 Å². The van der Waals surface area contributed by atoms with Crippen molar-refractivity contribution in [3.8, 4) is 11.6 Å². The highest BCUT2D eigenvalue weighted by Gasteiger charge is 2.20. The number of aromatic nitrogens is 2. The maximum Gasteiger partial charge on any atom is 0.219 e. The number of hydrogen-bond acceptors (Lipinski definition) is 5. The Bertz CT molecular complexity index is 1080. The van der Waals surface area contributed by atoms with Gasteiger partial charge in [0.25, 0.3) is 0 Å². The second kappa shape index (κ2) is 8.99. The van der Waals surface area contributed by atoms with Crippen molar-refractivity contribution in [2.45, 2.75) is 26.7 Å². The van der Waals surface area contributed by atoms with Crippen LogP contribution in [-0.2, 0) is 0 Å². The maximum atomic E-state index is 6.34. The lowest BCUT2D eigenvalue weighted by Gasteiger charge is -2.29. The van der Waals surface area contributed by atoms with Gasteiger partial charge in [-0.3, -0.25) is 4.98 Å². The van der Waals surface area contributed by atoms with Crippen LogP contribution in [0.25, 0.3) is 16.5 Å². The van der Waals surface area contributed by atoms with Crippen LogP contribution in [0.5, 0.6) is 11.6 Å². The number of methoxy groups -OCH3 is 1. The topological polar surface area (TPSA) is 47.5 Å². The summed E-state index contributed by atoms with van der Waals surface area (Å²) in [4.78, 5) is 11.2. The summed E-state index contributed by atoms with van der Waals surface area (Å²) >= 11 is 0. The molecule has 1 aliphatic carbocycles. The Morgan fingerprint density at radius 2 is 1.77 bits per heavy atom. The summed E-state index contributed by atoms with van der Waals surface area (Å²) in [5, 5.41) is 1.00. The Morgan fingerprint density at radius 3 is 2.50 bits per heavy atom. The van der Waals surface area contributed by atoms with Crippen LogP contribution in [0.1, 0.15) is 32.3 Å². The smallest absolute Gasteiger partial charge is 0.219 e. The van der Waals surface area contributed by atoms with Crippen molar-refractivity contribution in [3.05, 3.63) is 78.0 Å². The fourth-order valence-corrected chi connectivity index (χ4v) is 3.83. The molecule has 0 saturated carbocycles. The highest BCUT2D eigenvalue weighted by molar-refractivity contribution is 5.79. The van der Waals surface area contributed by atoms with Crippen LogP contribution in [0.4, 0.5) is 0 Å². The molecule has 0 radical (unpaired) electrons. The number of ether oxygens (including phenoxy) is 2. The number of allylic oxidation sites excluding steroid dienone is 4. The molecular weight excluding hydrogens is 374 g/mol. The van der Waals surface area contributed by atoms with Gasteiger partial charge in [0.1, 0.15) is 11.5 Å². The van der Waals surface area contributed by atoms with E-state index in [1.165, 1.54) is 5.70 Å². The van der Waals surface area contributed by atoms with Crippen LogP contribution in [0, 0.1) is 0 Å². The molecule has 0 unspecified atom stereocenters. The van der Waals surface area contributed by atoms with Gasteiger partial charge in [-0.05, 0) is 56.2 Å². The molecule has 0 spiro atoms. The van der Waals surface area contributed by atoms with E-state index in [1.807, 2.05) is 36.5 Å². The molecule has 5 nitrogen and oxygen atoms in total. The second-order valence-corrected chi connectivity index (χ2v) is 7.19. The first-order valence-electron chi connectivity index (χ1n) is 10.4. The van der Waals surface area contributed by atoms with Crippen molar-refractivity contribution in [2.24, 2.45) is 0 Å². The van der Waals surface area contributed by atoms with Crippen molar-refractivity contribution in [2.75, 3.05) is 20.2 Å². The number of benzene rings is 1. The first-order valence-corrected chi connectivity index (χ1v) is 10.4. The standard InChI is InChI=1S/C25H27N3O2/c1-4-28(5-2)20-9-12-24(22(16-20)18-6-10-21(29-3)11-7-18)30-25-13-8-19-17-26-15-14-23(19)27-25/h6-8,10-11,13-17H,4-5,9,12H2,1-3H3. The van der Waals surface area contributed by atoms with Gasteiger partial charge in [0.2, 0.25) is 5.88 Å². The van der Waals surface area contributed by atoms with E-state index in [0.717, 1.165) is 59.5 Å². The molecule has 3 aromatic rings. The van der Waals surface area contributed by atoms with E-state index in [-0.39, 0.29) is 0 Å². The normalized spacial score (nSPS) is 13.9. The molecule has 1 aromatic carbocycles. The van der Waals surface area contributed by atoms with Gasteiger partial charge in [0, 0.05) is 54.6 Å². The molecule has 0 N–H and O–H groups in total. The summed E-state index contributed by atoms with van der Waals surface area (Å²) in [7, 11) is 1.68. The Morgan fingerprint density at radius 1 is 0.967 bits per heavy atom. The predicted octanol–water partition coefficient (Wildman–Crippen LogP) is 5.45. The molecule has 30 heavy (non-hydrogen) atoms. The molecule has 0 amide bonds. The summed E-state index contributed by atoms with van der Waals surface area (Å²) in [5.74, 6) is 2.39. The van der Waals surface area contributed by atoms with Gasteiger partial charge in [0.05, 0.1) is 12.6 Å². The van der Waals surface area contributed by atoms with E-state index in [1.54, 1.807) is 13.3 Å². The summed E-state index contributed by atoms with van der Waals surface area (Å²) in [6, 6.07) is 13.9. The molecule has 5 heteroatoms. The van der Waals surface area contributed by atoms with E-state index in [0.29, 0.717) is 5.88 Å². The van der Waals surface area contributed by atoms with Crippen molar-refractivity contribution in [3.63, 3.8) is 0 Å². The summed E-state index contributed by atoms with van der Waals surface area (Å²) in [6.07, 6.45) is 7.61. The van der Waals surface area contributed by atoms with Crippen molar-refractivity contribution >= 4 is 16.5 Å². The first-order chi connectivity index (χ1) is 14.7.